The van der Waals surface area contributed by atoms with Crippen molar-refractivity contribution >= 4 is 34.4 Å². The van der Waals surface area contributed by atoms with Crippen LogP contribution in [0.25, 0.3) is 0 Å². The summed E-state index contributed by atoms with van der Waals surface area (Å²) >= 11 is 1.22. The minimum Gasteiger partial charge on any atom is -0.398 e. The van der Waals surface area contributed by atoms with Gasteiger partial charge in [0.2, 0.25) is 12.1 Å². The number of halogens is 1. The van der Waals surface area contributed by atoms with Crippen LogP contribution in [0.4, 0.5) is 10.1 Å². The molecule has 2 rings (SSSR count). The molecule has 1 aromatic carbocycles. The molecular formula is C15H17FN6O2S. The van der Waals surface area contributed by atoms with Crippen LogP contribution in [0, 0.1) is 17.3 Å². The van der Waals surface area contributed by atoms with Gasteiger partial charge in [0.25, 0.3) is 5.91 Å². The molecule has 1 aromatic rings. The summed E-state index contributed by atoms with van der Waals surface area (Å²) in [6.45, 7) is 0.641. The van der Waals surface area contributed by atoms with Gasteiger partial charge in [-0.2, -0.15) is 5.26 Å². The summed E-state index contributed by atoms with van der Waals surface area (Å²) in [5, 5.41) is 10.0. The Morgan fingerprint density at radius 1 is 1.48 bits per heavy atom. The Morgan fingerprint density at radius 3 is 2.92 bits per heavy atom. The van der Waals surface area contributed by atoms with Gasteiger partial charge in [0.15, 0.2) is 5.17 Å². The van der Waals surface area contributed by atoms with Gasteiger partial charge in [-0.3, -0.25) is 19.5 Å². The highest BCUT2D eigenvalue weighted by Crippen LogP contribution is 2.20. The number of nitriles is 1. The number of nitrogens with two attached hydrogens (primary N) is 2. The first-order valence-electron chi connectivity index (χ1n) is 7.45. The molecule has 1 aliphatic heterocycles. The molecule has 2 amide bonds. The van der Waals surface area contributed by atoms with Crippen LogP contribution in [0.1, 0.15) is 23.2 Å². The summed E-state index contributed by atoms with van der Waals surface area (Å²) in [5.41, 5.74) is 5.79. The molecule has 0 atom stereocenters. The molecule has 1 aliphatic rings. The van der Waals surface area contributed by atoms with E-state index in [-0.39, 0.29) is 29.5 Å². The van der Waals surface area contributed by atoms with E-state index in [9.17, 15) is 14.0 Å². The summed E-state index contributed by atoms with van der Waals surface area (Å²) in [6, 6.07) is 3.50. The highest BCUT2D eigenvalue weighted by Gasteiger charge is 2.27. The van der Waals surface area contributed by atoms with Crippen LogP contribution in [-0.2, 0) is 4.79 Å². The summed E-state index contributed by atoms with van der Waals surface area (Å²) < 4.78 is 13.0. The first-order chi connectivity index (χ1) is 11.9. The average Bonchev–Trinajstić information content (AvgIpc) is 2.91. The number of amides is 2. The number of hydrogen-bond acceptors (Lipinski definition) is 7. The number of hydrazine groups is 1. The van der Waals surface area contributed by atoms with E-state index in [1.54, 1.807) is 6.19 Å². The molecule has 132 valence electrons. The monoisotopic (exact) mass is 364 g/mol. The Bertz CT molecular complexity index is 748. The average molecular weight is 364 g/mol. The number of nitrogen functional groups attached to an aromatic ring is 1. The van der Waals surface area contributed by atoms with E-state index in [0.717, 1.165) is 17.1 Å². The summed E-state index contributed by atoms with van der Waals surface area (Å²) in [6.07, 6.45) is 2.79. The van der Waals surface area contributed by atoms with Gasteiger partial charge in [0.1, 0.15) is 5.82 Å². The molecule has 10 heteroatoms. The Kier molecular flexibility index (Phi) is 6.32. The Morgan fingerprint density at radius 2 is 2.24 bits per heavy atom. The number of aliphatic imine (C=N–C) groups is 1. The zero-order valence-electron chi connectivity index (χ0n) is 13.3. The highest BCUT2D eigenvalue weighted by molar-refractivity contribution is 8.15. The molecule has 0 aromatic heterocycles. The lowest BCUT2D eigenvalue weighted by molar-refractivity contribution is -0.124. The molecule has 0 aliphatic carbocycles. The third-order valence-electron chi connectivity index (χ3n) is 3.54. The van der Waals surface area contributed by atoms with E-state index in [4.69, 9.17) is 16.8 Å². The van der Waals surface area contributed by atoms with Crippen LogP contribution in [0.2, 0.25) is 0 Å². The van der Waals surface area contributed by atoms with Gasteiger partial charge in [-0.1, -0.05) is 11.8 Å². The van der Waals surface area contributed by atoms with Crippen molar-refractivity contribution in [2.45, 2.75) is 12.8 Å². The van der Waals surface area contributed by atoms with E-state index >= 15 is 0 Å². The van der Waals surface area contributed by atoms with Crippen molar-refractivity contribution in [1.29, 1.82) is 5.26 Å². The fraction of sp³-hybridized carbons (Fsp3) is 0.333. The van der Waals surface area contributed by atoms with Gasteiger partial charge >= 0.3 is 0 Å². The molecule has 0 bridgehead atoms. The zero-order chi connectivity index (χ0) is 18.4. The molecule has 1 saturated heterocycles. The maximum Gasteiger partial charge on any atom is 0.269 e. The number of benzene rings is 1. The van der Waals surface area contributed by atoms with Crippen molar-refractivity contribution < 1.29 is 14.0 Å². The van der Waals surface area contributed by atoms with Gasteiger partial charge < -0.3 is 5.73 Å². The Labute approximate surface area is 148 Å². The van der Waals surface area contributed by atoms with E-state index in [0.29, 0.717) is 24.6 Å². The number of thioether (sulfide) groups is 1. The van der Waals surface area contributed by atoms with Crippen LogP contribution in [-0.4, -0.2) is 45.7 Å². The molecule has 0 spiro atoms. The molecule has 0 saturated carbocycles. The van der Waals surface area contributed by atoms with Gasteiger partial charge in [0, 0.05) is 18.8 Å². The summed E-state index contributed by atoms with van der Waals surface area (Å²) in [4.78, 5) is 29.0. The SMILES string of the molecule is N#CN=C1SCC(=O)N1CCCCN(N)C(=O)c1ccc(F)cc1N. The highest BCUT2D eigenvalue weighted by atomic mass is 32.2. The van der Waals surface area contributed by atoms with Crippen LogP contribution >= 0.6 is 11.8 Å². The number of anilines is 1. The van der Waals surface area contributed by atoms with Crippen LogP contribution in [0.3, 0.4) is 0 Å². The first-order valence-corrected chi connectivity index (χ1v) is 8.44. The van der Waals surface area contributed by atoms with Crippen molar-refractivity contribution in [3.63, 3.8) is 0 Å². The van der Waals surface area contributed by atoms with E-state index < -0.39 is 11.7 Å². The molecule has 4 N–H and O–H groups in total. The summed E-state index contributed by atoms with van der Waals surface area (Å²) in [7, 11) is 0. The van der Waals surface area contributed by atoms with E-state index in [1.807, 2.05) is 0 Å². The lowest BCUT2D eigenvalue weighted by Crippen LogP contribution is -2.39. The second kappa shape index (κ2) is 8.46. The number of unbranched alkanes of at least 4 members (excludes halogenated alkanes) is 1. The second-order valence-corrected chi connectivity index (χ2v) is 6.21. The normalized spacial score (nSPS) is 15.5. The van der Waals surface area contributed by atoms with Gasteiger partial charge in [-0.05, 0) is 31.0 Å². The van der Waals surface area contributed by atoms with Crippen molar-refractivity contribution in [1.82, 2.24) is 9.91 Å². The van der Waals surface area contributed by atoms with Crippen molar-refractivity contribution in [2.24, 2.45) is 10.8 Å². The maximum atomic E-state index is 13.0. The van der Waals surface area contributed by atoms with Gasteiger partial charge in [0.05, 0.1) is 11.3 Å². The number of nitrogens with zero attached hydrogens (tertiary/aromatic N) is 4. The quantitative estimate of drug-likeness (QED) is 0.193. The fourth-order valence-corrected chi connectivity index (χ4v) is 3.14. The lowest BCUT2D eigenvalue weighted by Gasteiger charge is -2.19. The lowest BCUT2D eigenvalue weighted by atomic mass is 10.1. The number of rotatable bonds is 6. The molecular weight excluding hydrogens is 347 g/mol. The molecule has 8 nitrogen and oxygen atoms in total. The minimum absolute atomic E-state index is 0.0255. The maximum absolute atomic E-state index is 13.0. The first kappa shape index (κ1) is 18.7. The molecule has 25 heavy (non-hydrogen) atoms. The molecule has 1 fully saturated rings. The van der Waals surface area contributed by atoms with Crippen molar-refractivity contribution in [2.75, 3.05) is 24.6 Å². The van der Waals surface area contributed by atoms with Gasteiger partial charge in [-0.25, -0.2) is 10.2 Å². The number of amidine groups is 1. The number of carbonyl (C=O) groups is 2. The Hall–Kier alpha value is -2.64. The number of hydrogen-bond donors (Lipinski definition) is 2. The minimum atomic E-state index is -0.527. The Balaban J connectivity index is 1.83. The number of carbonyl (C=O) groups excluding carboxylic acids is 2. The predicted octanol–water partition coefficient (Wildman–Crippen LogP) is 0.916. The van der Waals surface area contributed by atoms with Gasteiger partial charge in [-0.15, -0.1) is 4.99 Å². The van der Waals surface area contributed by atoms with Crippen molar-refractivity contribution in [3.05, 3.63) is 29.6 Å². The van der Waals surface area contributed by atoms with Crippen LogP contribution in [0.15, 0.2) is 23.2 Å². The van der Waals surface area contributed by atoms with E-state index in [1.165, 1.54) is 22.7 Å². The third-order valence-corrected chi connectivity index (χ3v) is 4.50. The standard InChI is InChI=1S/C15H17FN6O2S/c16-10-3-4-11(12(18)7-10)14(24)22(19)6-2-1-5-21-13(23)8-25-15(21)20-9-17/h3-4,7H,1-2,5-6,8,18-19H2. The van der Waals surface area contributed by atoms with Crippen LogP contribution < -0.4 is 11.6 Å². The smallest absolute Gasteiger partial charge is 0.269 e. The van der Waals surface area contributed by atoms with Crippen molar-refractivity contribution in [3.8, 4) is 6.19 Å². The third kappa shape index (κ3) is 4.68. The molecule has 0 radical (unpaired) electrons. The predicted molar refractivity (Wildman–Crippen MR) is 92.5 cm³/mol. The molecule has 1 heterocycles. The van der Waals surface area contributed by atoms with E-state index in [2.05, 4.69) is 4.99 Å². The summed E-state index contributed by atoms with van der Waals surface area (Å²) in [5.74, 6) is 4.88. The zero-order valence-corrected chi connectivity index (χ0v) is 14.1. The fourth-order valence-electron chi connectivity index (χ4n) is 2.28. The van der Waals surface area contributed by atoms with Crippen LogP contribution in [0.5, 0.6) is 0 Å². The second-order valence-electron chi connectivity index (χ2n) is 5.27. The topological polar surface area (TPSA) is 129 Å². The molecule has 0 unspecified atom stereocenters. The largest absolute Gasteiger partial charge is 0.398 e.